The summed E-state index contributed by atoms with van der Waals surface area (Å²) in [4.78, 5) is 13.9. The quantitative estimate of drug-likeness (QED) is 0.718. The highest BCUT2D eigenvalue weighted by atomic mass is 16.5. The molecule has 1 fully saturated rings. The summed E-state index contributed by atoms with van der Waals surface area (Å²) in [6, 6.07) is 0.877. The molecule has 17 heavy (non-hydrogen) atoms. The highest BCUT2D eigenvalue weighted by Gasteiger charge is 2.29. The standard InChI is InChI=1S/C13H26N2O2/c1-3-11(7-8-14)15-9-5-4-6-12(15)10-13(16)17-2/h11-12H,3-10,14H2,1-2H3. The molecule has 0 radical (unpaired) electrons. The topological polar surface area (TPSA) is 55.6 Å². The van der Waals surface area contributed by atoms with Crippen LogP contribution in [0.1, 0.15) is 45.4 Å². The number of piperidine rings is 1. The van der Waals surface area contributed by atoms with E-state index in [1.165, 1.54) is 20.0 Å². The third kappa shape index (κ3) is 4.28. The molecule has 4 nitrogen and oxygen atoms in total. The molecule has 4 heteroatoms. The minimum absolute atomic E-state index is 0.0931. The lowest BCUT2D eigenvalue weighted by molar-refractivity contribution is -0.142. The number of rotatable bonds is 6. The van der Waals surface area contributed by atoms with E-state index >= 15 is 0 Å². The number of carbonyl (C=O) groups is 1. The summed E-state index contributed by atoms with van der Waals surface area (Å²) >= 11 is 0. The molecule has 1 aliphatic rings. The maximum atomic E-state index is 11.4. The first kappa shape index (κ1) is 14.5. The molecule has 1 rings (SSSR count). The minimum Gasteiger partial charge on any atom is -0.469 e. The van der Waals surface area contributed by atoms with E-state index in [4.69, 9.17) is 10.5 Å². The molecule has 1 aliphatic heterocycles. The van der Waals surface area contributed by atoms with Crippen molar-refractivity contribution in [1.29, 1.82) is 0 Å². The molecule has 1 saturated heterocycles. The molecule has 100 valence electrons. The predicted octanol–water partition coefficient (Wildman–Crippen LogP) is 1.53. The summed E-state index contributed by atoms with van der Waals surface area (Å²) in [5.41, 5.74) is 5.67. The number of methoxy groups -OCH3 is 1. The smallest absolute Gasteiger partial charge is 0.307 e. The first-order valence-electron chi connectivity index (χ1n) is 6.75. The third-order valence-electron chi connectivity index (χ3n) is 3.74. The van der Waals surface area contributed by atoms with E-state index in [9.17, 15) is 4.79 Å². The number of esters is 1. The van der Waals surface area contributed by atoms with Crippen molar-refractivity contribution >= 4 is 5.97 Å². The van der Waals surface area contributed by atoms with E-state index in [0.29, 0.717) is 18.5 Å². The van der Waals surface area contributed by atoms with Gasteiger partial charge in [0.15, 0.2) is 0 Å². The summed E-state index contributed by atoms with van der Waals surface area (Å²) in [7, 11) is 1.46. The minimum atomic E-state index is -0.0931. The molecule has 0 aromatic rings. The number of hydrogen-bond acceptors (Lipinski definition) is 4. The van der Waals surface area contributed by atoms with Gasteiger partial charge in [0, 0.05) is 12.1 Å². The lowest BCUT2D eigenvalue weighted by atomic mass is 9.95. The van der Waals surface area contributed by atoms with Gasteiger partial charge in [-0.15, -0.1) is 0 Å². The van der Waals surface area contributed by atoms with Crippen LogP contribution in [0.4, 0.5) is 0 Å². The summed E-state index contributed by atoms with van der Waals surface area (Å²) in [5, 5.41) is 0. The van der Waals surface area contributed by atoms with Crippen molar-refractivity contribution in [1.82, 2.24) is 4.90 Å². The number of carbonyl (C=O) groups excluding carboxylic acids is 1. The van der Waals surface area contributed by atoms with Crippen LogP contribution in [0.15, 0.2) is 0 Å². The fraction of sp³-hybridized carbons (Fsp3) is 0.923. The van der Waals surface area contributed by atoms with Crippen molar-refractivity contribution in [2.75, 3.05) is 20.2 Å². The van der Waals surface area contributed by atoms with Crippen LogP contribution in [0.5, 0.6) is 0 Å². The summed E-state index contributed by atoms with van der Waals surface area (Å²) < 4.78 is 4.78. The Morgan fingerprint density at radius 3 is 2.88 bits per heavy atom. The Morgan fingerprint density at radius 1 is 1.53 bits per heavy atom. The highest BCUT2D eigenvalue weighted by Crippen LogP contribution is 2.24. The second-order valence-corrected chi connectivity index (χ2v) is 4.81. The molecule has 2 N–H and O–H groups in total. The van der Waals surface area contributed by atoms with Gasteiger partial charge in [-0.1, -0.05) is 13.3 Å². The Bertz CT molecular complexity index is 233. The molecule has 0 bridgehead atoms. The van der Waals surface area contributed by atoms with E-state index < -0.39 is 0 Å². The number of ether oxygens (including phenoxy) is 1. The zero-order valence-corrected chi connectivity index (χ0v) is 11.2. The van der Waals surface area contributed by atoms with Gasteiger partial charge < -0.3 is 10.5 Å². The largest absolute Gasteiger partial charge is 0.469 e. The molecule has 0 aromatic carbocycles. The zero-order chi connectivity index (χ0) is 12.7. The monoisotopic (exact) mass is 242 g/mol. The second-order valence-electron chi connectivity index (χ2n) is 4.81. The fourth-order valence-electron chi connectivity index (χ4n) is 2.80. The molecule has 0 spiro atoms. The number of nitrogens with two attached hydrogens (primary N) is 1. The normalized spacial score (nSPS) is 23.4. The van der Waals surface area contributed by atoms with Crippen molar-refractivity contribution in [3.63, 3.8) is 0 Å². The second kappa shape index (κ2) is 7.67. The first-order valence-corrected chi connectivity index (χ1v) is 6.75. The van der Waals surface area contributed by atoms with Crippen LogP contribution in [0.3, 0.4) is 0 Å². The van der Waals surface area contributed by atoms with Crippen LogP contribution in [0.25, 0.3) is 0 Å². The van der Waals surface area contributed by atoms with Crippen LogP contribution in [-0.4, -0.2) is 43.2 Å². The fourth-order valence-corrected chi connectivity index (χ4v) is 2.80. The van der Waals surface area contributed by atoms with E-state index in [1.54, 1.807) is 0 Å². The molecule has 0 aliphatic carbocycles. The van der Waals surface area contributed by atoms with Gasteiger partial charge in [-0.2, -0.15) is 0 Å². The summed E-state index contributed by atoms with van der Waals surface area (Å²) in [5.74, 6) is -0.0931. The molecule has 0 aromatic heterocycles. The summed E-state index contributed by atoms with van der Waals surface area (Å²) in [6.07, 6.45) is 6.22. The number of hydrogen-bond donors (Lipinski definition) is 1. The van der Waals surface area contributed by atoms with Crippen molar-refractivity contribution in [3.8, 4) is 0 Å². The van der Waals surface area contributed by atoms with Gasteiger partial charge in [-0.25, -0.2) is 0 Å². The van der Waals surface area contributed by atoms with E-state index in [0.717, 1.165) is 32.4 Å². The van der Waals surface area contributed by atoms with Gasteiger partial charge >= 0.3 is 5.97 Å². The van der Waals surface area contributed by atoms with Crippen molar-refractivity contribution in [3.05, 3.63) is 0 Å². The average Bonchev–Trinajstić information content (AvgIpc) is 2.36. The Labute approximate surface area is 104 Å². The van der Waals surface area contributed by atoms with Gasteiger partial charge in [0.1, 0.15) is 0 Å². The Morgan fingerprint density at radius 2 is 2.29 bits per heavy atom. The maximum absolute atomic E-state index is 11.4. The highest BCUT2D eigenvalue weighted by molar-refractivity contribution is 5.69. The predicted molar refractivity (Wildman–Crippen MR) is 68.7 cm³/mol. The molecule has 0 saturated carbocycles. The Kier molecular flexibility index (Phi) is 6.52. The summed E-state index contributed by atoms with van der Waals surface area (Å²) in [6.45, 7) is 4.02. The van der Waals surface area contributed by atoms with Gasteiger partial charge in [0.05, 0.1) is 13.5 Å². The van der Waals surface area contributed by atoms with Gasteiger partial charge in [-0.3, -0.25) is 9.69 Å². The SMILES string of the molecule is CCC(CCN)N1CCCCC1CC(=O)OC. The lowest BCUT2D eigenvalue weighted by Gasteiger charge is -2.40. The molecular formula is C13H26N2O2. The van der Waals surface area contributed by atoms with Crippen LogP contribution >= 0.6 is 0 Å². The lowest BCUT2D eigenvalue weighted by Crippen LogP contribution is -2.47. The van der Waals surface area contributed by atoms with E-state index in [2.05, 4.69) is 11.8 Å². The van der Waals surface area contributed by atoms with Crippen LogP contribution in [0.2, 0.25) is 0 Å². The van der Waals surface area contributed by atoms with Gasteiger partial charge in [0.25, 0.3) is 0 Å². The van der Waals surface area contributed by atoms with E-state index in [-0.39, 0.29) is 5.97 Å². The zero-order valence-electron chi connectivity index (χ0n) is 11.2. The van der Waals surface area contributed by atoms with Crippen LogP contribution in [-0.2, 0) is 9.53 Å². The van der Waals surface area contributed by atoms with Crippen molar-refractivity contribution < 1.29 is 9.53 Å². The maximum Gasteiger partial charge on any atom is 0.307 e. The number of nitrogens with zero attached hydrogens (tertiary/aromatic N) is 1. The third-order valence-corrected chi connectivity index (χ3v) is 3.74. The van der Waals surface area contributed by atoms with Crippen molar-refractivity contribution in [2.24, 2.45) is 5.73 Å². The number of likely N-dealkylation sites (tertiary alicyclic amines) is 1. The Hall–Kier alpha value is -0.610. The van der Waals surface area contributed by atoms with Crippen LogP contribution < -0.4 is 5.73 Å². The van der Waals surface area contributed by atoms with Crippen molar-refractivity contribution in [2.45, 2.75) is 57.5 Å². The molecule has 2 atom stereocenters. The molecule has 2 unspecified atom stereocenters. The molecule has 0 amide bonds. The Balaban J connectivity index is 2.60. The molecular weight excluding hydrogens is 216 g/mol. The van der Waals surface area contributed by atoms with Gasteiger partial charge in [0.2, 0.25) is 0 Å². The molecule has 1 heterocycles. The average molecular weight is 242 g/mol. The van der Waals surface area contributed by atoms with Crippen LogP contribution in [0, 0.1) is 0 Å². The first-order chi connectivity index (χ1) is 8.22. The van der Waals surface area contributed by atoms with Gasteiger partial charge in [-0.05, 0) is 38.8 Å². The van der Waals surface area contributed by atoms with E-state index in [1.807, 2.05) is 0 Å².